The number of nitriles is 1. The van der Waals surface area contributed by atoms with E-state index in [0.717, 1.165) is 5.56 Å². The van der Waals surface area contributed by atoms with E-state index in [1.54, 1.807) is 18.5 Å². The smallest absolute Gasteiger partial charge is 0.134 e. The number of rotatable bonds is 5. The van der Waals surface area contributed by atoms with E-state index < -0.39 is 0 Å². The Morgan fingerprint density at radius 2 is 2.26 bits per heavy atom. The van der Waals surface area contributed by atoms with Gasteiger partial charge in [0.1, 0.15) is 18.0 Å². The molecule has 2 aromatic heterocycles. The van der Waals surface area contributed by atoms with Crippen molar-refractivity contribution in [2.24, 2.45) is 0 Å². The van der Waals surface area contributed by atoms with Crippen molar-refractivity contribution in [1.82, 2.24) is 15.0 Å². The van der Waals surface area contributed by atoms with Crippen LogP contribution >= 0.6 is 0 Å². The van der Waals surface area contributed by atoms with Crippen molar-refractivity contribution >= 4 is 11.6 Å². The molecule has 6 nitrogen and oxygen atoms in total. The average molecular weight is 254 g/mol. The lowest BCUT2D eigenvalue weighted by molar-refractivity contribution is 0.778. The lowest BCUT2D eigenvalue weighted by Crippen LogP contribution is -2.25. The molecule has 0 amide bonds. The van der Waals surface area contributed by atoms with Gasteiger partial charge < -0.3 is 10.6 Å². The average Bonchev–Trinajstić information content (AvgIpc) is 2.44. The third kappa shape index (κ3) is 3.64. The highest BCUT2D eigenvalue weighted by Gasteiger charge is 2.09. The first-order valence-corrected chi connectivity index (χ1v) is 5.88. The fraction of sp³-hybridized carbons (Fsp3) is 0.231. The maximum absolute atomic E-state index is 8.74. The summed E-state index contributed by atoms with van der Waals surface area (Å²) in [6.45, 7) is 1.22. The van der Waals surface area contributed by atoms with Crippen molar-refractivity contribution in [3.63, 3.8) is 0 Å². The van der Waals surface area contributed by atoms with E-state index >= 15 is 0 Å². The number of hydrogen-bond donors (Lipinski definition) is 1. The Morgan fingerprint density at radius 3 is 2.95 bits per heavy atom. The molecule has 0 bridgehead atoms. The Balaban J connectivity index is 2.19. The van der Waals surface area contributed by atoms with Crippen molar-refractivity contribution in [2.45, 2.75) is 13.0 Å². The van der Waals surface area contributed by atoms with Crippen LogP contribution in [0.5, 0.6) is 0 Å². The summed E-state index contributed by atoms with van der Waals surface area (Å²) in [6.07, 6.45) is 5.37. The summed E-state index contributed by atoms with van der Waals surface area (Å²) in [6, 6.07) is 7.70. The van der Waals surface area contributed by atoms with Gasteiger partial charge in [0.2, 0.25) is 0 Å². The number of hydrogen-bond acceptors (Lipinski definition) is 6. The number of nitrogens with two attached hydrogens (primary N) is 1. The molecule has 2 N–H and O–H groups in total. The molecule has 0 atom stereocenters. The minimum atomic E-state index is 0.415. The molecule has 6 heteroatoms. The minimum absolute atomic E-state index is 0.415. The second-order valence-corrected chi connectivity index (χ2v) is 3.99. The van der Waals surface area contributed by atoms with E-state index in [-0.39, 0.29) is 0 Å². The van der Waals surface area contributed by atoms with Crippen LogP contribution in [0.1, 0.15) is 12.0 Å². The van der Waals surface area contributed by atoms with Gasteiger partial charge in [0.05, 0.1) is 12.5 Å². The molecule has 0 saturated carbocycles. The van der Waals surface area contributed by atoms with E-state index in [9.17, 15) is 0 Å². The van der Waals surface area contributed by atoms with Crippen LogP contribution in [0.3, 0.4) is 0 Å². The lowest BCUT2D eigenvalue weighted by Gasteiger charge is -2.22. The maximum atomic E-state index is 8.74. The highest BCUT2D eigenvalue weighted by molar-refractivity contribution is 5.46. The molecule has 96 valence electrons. The van der Waals surface area contributed by atoms with Gasteiger partial charge in [0, 0.05) is 31.5 Å². The molecule has 0 radical (unpaired) electrons. The van der Waals surface area contributed by atoms with E-state index in [1.807, 2.05) is 17.0 Å². The summed E-state index contributed by atoms with van der Waals surface area (Å²) in [5.41, 5.74) is 6.72. The van der Waals surface area contributed by atoms with Gasteiger partial charge in [-0.15, -0.1) is 0 Å². The zero-order valence-corrected chi connectivity index (χ0v) is 10.4. The normalized spacial score (nSPS) is 9.84. The van der Waals surface area contributed by atoms with E-state index in [1.165, 1.54) is 6.33 Å². The van der Waals surface area contributed by atoms with Crippen LogP contribution in [0.4, 0.5) is 11.6 Å². The minimum Gasteiger partial charge on any atom is -0.384 e. The Kier molecular flexibility index (Phi) is 4.24. The number of anilines is 2. The van der Waals surface area contributed by atoms with Gasteiger partial charge in [0.15, 0.2) is 0 Å². The zero-order valence-electron chi connectivity index (χ0n) is 10.4. The van der Waals surface area contributed by atoms with E-state index in [4.69, 9.17) is 11.0 Å². The van der Waals surface area contributed by atoms with Crippen molar-refractivity contribution in [3.05, 3.63) is 42.5 Å². The van der Waals surface area contributed by atoms with Gasteiger partial charge in [-0.3, -0.25) is 4.98 Å². The van der Waals surface area contributed by atoms with Gasteiger partial charge in [-0.05, 0) is 11.6 Å². The summed E-state index contributed by atoms with van der Waals surface area (Å²) in [5, 5.41) is 8.74. The molecule has 0 aliphatic rings. The van der Waals surface area contributed by atoms with Gasteiger partial charge >= 0.3 is 0 Å². The van der Waals surface area contributed by atoms with Crippen molar-refractivity contribution in [2.75, 3.05) is 17.2 Å². The molecule has 0 aliphatic carbocycles. The maximum Gasteiger partial charge on any atom is 0.134 e. The molecule has 0 saturated heterocycles. The fourth-order valence-electron chi connectivity index (χ4n) is 1.71. The molecule has 2 heterocycles. The topological polar surface area (TPSA) is 91.7 Å². The zero-order chi connectivity index (χ0) is 13.5. The van der Waals surface area contributed by atoms with Crippen LogP contribution < -0.4 is 10.6 Å². The first kappa shape index (κ1) is 12.8. The Morgan fingerprint density at radius 1 is 1.37 bits per heavy atom. The summed E-state index contributed by atoms with van der Waals surface area (Å²) < 4.78 is 0. The van der Waals surface area contributed by atoms with Gasteiger partial charge in [0.25, 0.3) is 0 Å². The quantitative estimate of drug-likeness (QED) is 0.866. The second kappa shape index (κ2) is 6.31. The van der Waals surface area contributed by atoms with Gasteiger partial charge in [-0.2, -0.15) is 5.26 Å². The van der Waals surface area contributed by atoms with Crippen molar-refractivity contribution in [3.8, 4) is 6.07 Å². The molecular weight excluding hydrogens is 240 g/mol. The summed E-state index contributed by atoms with van der Waals surface area (Å²) in [5.74, 6) is 1.13. The predicted molar refractivity (Wildman–Crippen MR) is 72.0 cm³/mol. The SMILES string of the molecule is N#CCCN(Cc1cccnc1)c1cc(N)ncn1. The summed E-state index contributed by atoms with van der Waals surface area (Å²) in [4.78, 5) is 14.1. The molecule has 0 spiro atoms. The van der Waals surface area contributed by atoms with E-state index in [2.05, 4.69) is 21.0 Å². The van der Waals surface area contributed by atoms with Crippen LogP contribution in [0.15, 0.2) is 36.9 Å². The third-order valence-electron chi connectivity index (χ3n) is 2.59. The first-order chi connectivity index (χ1) is 9.29. The second-order valence-electron chi connectivity index (χ2n) is 3.99. The van der Waals surface area contributed by atoms with Crippen LogP contribution in [0.2, 0.25) is 0 Å². The predicted octanol–water partition coefficient (Wildman–Crippen LogP) is 1.37. The monoisotopic (exact) mass is 254 g/mol. The first-order valence-electron chi connectivity index (χ1n) is 5.88. The van der Waals surface area contributed by atoms with Crippen LogP contribution in [-0.4, -0.2) is 21.5 Å². The van der Waals surface area contributed by atoms with Crippen molar-refractivity contribution in [1.29, 1.82) is 5.26 Å². The number of aromatic nitrogens is 3. The molecule has 0 aliphatic heterocycles. The lowest BCUT2D eigenvalue weighted by atomic mass is 10.2. The van der Waals surface area contributed by atoms with E-state index in [0.29, 0.717) is 31.1 Å². The number of nitrogens with zero attached hydrogens (tertiary/aromatic N) is 5. The molecule has 0 unspecified atom stereocenters. The Bertz CT molecular complexity index is 563. The molecule has 2 aromatic rings. The summed E-state index contributed by atoms with van der Waals surface area (Å²) >= 11 is 0. The van der Waals surface area contributed by atoms with Crippen LogP contribution in [0, 0.1) is 11.3 Å². The van der Waals surface area contributed by atoms with Crippen molar-refractivity contribution < 1.29 is 0 Å². The highest BCUT2D eigenvalue weighted by atomic mass is 15.2. The fourth-order valence-corrected chi connectivity index (χ4v) is 1.71. The molecule has 0 aromatic carbocycles. The molecule has 0 fully saturated rings. The third-order valence-corrected chi connectivity index (χ3v) is 2.59. The largest absolute Gasteiger partial charge is 0.384 e. The Hall–Kier alpha value is -2.68. The van der Waals surface area contributed by atoms with Gasteiger partial charge in [-0.25, -0.2) is 9.97 Å². The molecule has 2 rings (SSSR count). The standard InChI is InChI=1S/C13H14N6/c14-4-2-6-19(9-11-3-1-5-16-8-11)13-7-12(15)17-10-18-13/h1,3,5,7-8,10H,2,6,9H2,(H2,15,17,18). The number of pyridine rings is 1. The number of nitrogen functional groups attached to an aromatic ring is 1. The summed E-state index contributed by atoms with van der Waals surface area (Å²) in [7, 11) is 0. The van der Waals surface area contributed by atoms with Crippen LogP contribution in [0.25, 0.3) is 0 Å². The highest BCUT2D eigenvalue weighted by Crippen LogP contribution is 2.15. The molecule has 19 heavy (non-hydrogen) atoms. The van der Waals surface area contributed by atoms with Crippen LogP contribution in [-0.2, 0) is 6.54 Å². The Labute approximate surface area is 111 Å². The molecular formula is C13H14N6. The van der Waals surface area contributed by atoms with Gasteiger partial charge in [-0.1, -0.05) is 6.07 Å².